The third kappa shape index (κ3) is 2.47. The number of nitrogens with zero attached hydrogens (tertiary/aromatic N) is 2. The molecule has 0 aromatic heterocycles. The van der Waals surface area contributed by atoms with Gasteiger partial charge in [-0.1, -0.05) is 20.8 Å². The monoisotopic (exact) mass is 194 g/mol. The van der Waals surface area contributed by atoms with E-state index in [1.807, 2.05) is 25.7 Å². The number of carbonyl (C=O) groups is 1. The summed E-state index contributed by atoms with van der Waals surface area (Å²) < 4.78 is 0. The van der Waals surface area contributed by atoms with E-state index in [-0.39, 0.29) is 11.3 Å². The second-order valence-electron chi connectivity index (χ2n) is 5.02. The molecule has 0 saturated carbocycles. The van der Waals surface area contributed by atoms with Crippen molar-refractivity contribution in [3.05, 3.63) is 0 Å². The fourth-order valence-electron chi connectivity index (χ4n) is 1.79. The third-order valence-corrected chi connectivity index (χ3v) is 2.59. The molecule has 1 aliphatic heterocycles. The molecule has 1 rings (SSSR count). The molecule has 1 unspecified atom stereocenters. The maximum absolute atomic E-state index is 11.9. The summed E-state index contributed by atoms with van der Waals surface area (Å²) in [6.07, 6.45) is 1.56. The van der Waals surface area contributed by atoms with Crippen LogP contribution < -0.4 is 0 Å². The standard InChI is InChI=1S/C11H18N2O/c1-11(2,3)10(14)13-7-5-9(8-13)4-6-12/h9H,4-5,7-8H2,1-3H3. The van der Waals surface area contributed by atoms with Crippen molar-refractivity contribution in [2.24, 2.45) is 11.3 Å². The molecule has 0 spiro atoms. The molecule has 0 aromatic rings. The number of nitriles is 1. The van der Waals surface area contributed by atoms with Crippen LogP contribution in [0.1, 0.15) is 33.6 Å². The van der Waals surface area contributed by atoms with Crippen molar-refractivity contribution in [3.8, 4) is 6.07 Å². The van der Waals surface area contributed by atoms with Gasteiger partial charge < -0.3 is 4.90 Å². The Balaban J connectivity index is 2.51. The van der Waals surface area contributed by atoms with Crippen molar-refractivity contribution < 1.29 is 4.79 Å². The van der Waals surface area contributed by atoms with Crippen molar-refractivity contribution in [1.82, 2.24) is 4.90 Å². The summed E-state index contributed by atoms with van der Waals surface area (Å²) in [5.74, 6) is 0.601. The van der Waals surface area contributed by atoms with E-state index < -0.39 is 0 Å². The number of hydrogen-bond acceptors (Lipinski definition) is 2. The molecule has 14 heavy (non-hydrogen) atoms. The lowest BCUT2D eigenvalue weighted by Crippen LogP contribution is -2.37. The molecule has 0 bridgehead atoms. The van der Waals surface area contributed by atoms with Gasteiger partial charge in [-0.25, -0.2) is 0 Å². The van der Waals surface area contributed by atoms with Crippen LogP contribution in [0.15, 0.2) is 0 Å². The maximum Gasteiger partial charge on any atom is 0.227 e. The van der Waals surface area contributed by atoms with Gasteiger partial charge in [0.2, 0.25) is 5.91 Å². The molecule has 1 atom stereocenters. The summed E-state index contributed by atoms with van der Waals surface area (Å²) in [5.41, 5.74) is -0.290. The second-order valence-corrected chi connectivity index (χ2v) is 5.02. The van der Waals surface area contributed by atoms with Crippen LogP contribution in [0.2, 0.25) is 0 Å². The molecule has 1 saturated heterocycles. The zero-order chi connectivity index (χ0) is 10.8. The minimum absolute atomic E-state index is 0.206. The Kier molecular flexibility index (Phi) is 3.15. The first kappa shape index (κ1) is 11.0. The number of rotatable bonds is 1. The highest BCUT2D eigenvalue weighted by molar-refractivity contribution is 5.81. The van der Waals surface area contributed by atoms with Crippen LogP contribution in [0.3, 0.4) is 0 Å². The predicted molar refractivity (Wildman–Crippen MR) is 54.4 cm³/mol. The van der Waals surface area contributed by atoms with Gasteiger partial charge in [-0.2, -0.15) is 5.26 Å². The molecule has 3 heteroatoms. The minimum Gasteiger partial charge on any atom is -0.342 e. The largest absolute Gasteiger partial charge is 0.342 e. The molecular weight excluding hydrogens is 176 g/mol. The van der Waals surface area contributed by atoms with Crippen LogP contribution in [0.4, 0.5) is 0 Å². The van der Waals surface area contributed by atoms with Crippen LogP contribution in [-0.4, -0.2) is 23.9 Å². The normalized spacial score (nSPS) is 22.1. The Hall–Kier alpha value is -1.04. The lowest BCUT2D eigenvalue weighted by molar-refractivity contribution is -0.138. The van der Waals surface area contributed by atoms with Crippen molar-refractivity contribution in [2.45, 2.75) is 33.6 Å². The first-order chi connectivity index (χ1) is 6.45. The van der Waals surface area contributed by atoms with E-state index in [2.05, 4.69) is 6.07 Å². The zero-order valence-corrected chi connectivity index (χ0v) is 9.21. The molecule has 1 amide bonds. The minimum atomic E-state index is -0.290. The highest BCUT2D eigenvalue weighted by atomic mass is 16.2. The van der Waals surface area contributed by atoms with Crippen molar-refractivity contribution in [2.75, 3.05) is 13.1 Å². The van der Waals surface area contributed by atoms with Gasteiger partial charge >= 0.3 is 0 Å². The van der Waals surface area contributed by atoms with E-state index in [0.29, 0.717) is 12.3 Å². The Labute approximate surface area is 85.7 Å². The Morgan fingerprint density at radius 1 is 1.57 bits per heavy atom. The summed E-state index contributed by atoms with van der Waals surface area (Å²) in [6, 6.07) is 2.17. The highest BCUT2D eigenvalue weighted by Gasteiger charge is 2.32. The Bertz CT molecular complexity index is 259. The summed E-state index contributed by atoms with van der Waals surface area (Å²) in [7, 11) is 0. The van der Waals surface area contributed by atoms with Gasteiger partial charge in [0.05, 0.1) is 6.07 Å². The van der Waals surface area contributed by atoms with Crippen molar-refractivity contribution in [3.63, 3.8) is 0 Å². The smallest absolute Gasteiger partial charge is 0.227 e. The van der Waals surface area contributed by atoms with Crippen LogP contribution >= 0.6 is 0 Å². The van der Waals surface area contributed by atoms with Crippen LogP contribution in [-0.2, 0) is 4.79 Å². The first-order valence-corrected chi connectivity index (χ1v) is 5.11. The van der Waals surface area contributed by atoms with Gasteiger partial charge in [0.25, 0.3) is 0 Å². The average Bonchev–Trinajstić information content (AvgIpc) is 2.50. The van der Waals surface area contributed by atoms with Gasteiger partial charge in [0, 0.05) is 24.9 Å². The predicted octanol–water partition coefficient (Wildman–Crippen LogP) is 1.79. The molecular formula is C11H18N2O. The van der Waals surface area contributed by atoms with Crippen LogP contribution in [0.5, 0.6) is 0 Å². The van der Waals surface area contributed by atoms with Gasteiger partial charge in [0.15, 0.2) is 0 Å². The molecule has 0 N–H and O–H groups in total. The lowest BCUT2D eigenvalue weighted by Gasteiger charge is -2.25. The maximum atomic E-state index is 11.9. The summed E-state index contributed by atoms with van der Waals surface area (Å²) in [5, 5.41) is 8.56. The number of hydrogen-bond donors (Lipinski definition) is 0. The molecule has 0 radical (unpaired) electrons. The fourth-order valence-corrected chi connectivity index (χ4v) is 1.79. The van der Waals surface area contributed by atoms with Gasteiger partial charge in [0.1, 0.15) is 0 Å². The fraction of sp³-hybridized carbons (Fsp3) is 0.818. The number of carbonyl (C=O) groups excluding carboxylic acids is 1. The lowest BCUT2D eigenvalue weighted by atomic mass is 9.95. The van der Waals surface area contributed by atoms with E-state index in [0.717, 1.165) is 19.5 Å². The molecule has 3 nitrogen and oxygen atoms in total. The number of likely N-dealkylation sites (tertiary alicyclic amines) is 1. The van der Waals surface area contributed by atoms with Crippen molar-refractivity contribution >= 4 is 5.91 Å². The first-order valence-electron chi connectivity index (χ1n) is 5.11. The third-order valence-electron chi connectivity index (χ3n) is 2.59. The SMILES string of the molecule is CC(C)(C)C(=O)N1CCC(CC#N)C1. The Morgan fingerprint density at radius 3 is 2.71 bits per heavy atom. The van der Waals surface area contributed by atoms with E-state index in [4.69, 9.17) is 5.26 Å². The van der Waals surface area contributed by atoms with Gasteiger partial charge in [-0.05, 0) is 12.3 Å². The summed E-state index contributed by atoms with van der Waals surface area (Å²) in [6.45, 7) is 7.40. The quantitative estimate of drug-likeness (QED) is 0.638. The molecule has 0 aromatic carbocycles. The molecule has 0 aliphatic carbocycles. The molecule has 1 heterocycles. The summed E-state index contributed by atoms with van der Waals surface area (Å²) in [4.78, 5) is 13.8. The molecule has 1 fully saturated rings. The summed E-state index contributed by atoms with van der Waals surface area (Å²) >= 11 is 0. The van der Waals surface area contributed by atoms with E-state index in [9.17, 15) is 4.79 Å². The second kappa shape index (κ2) is 4.00. The van der Waals surface area contributed by atoms with E-state index in [1.54, 1.807) is 0 Å². The van der Waals surface area contributed by atoms with E-state index in [1.165, 1.54) is 0 Å². The molecule has 1 aliphatic rings. The average molecular weight is 194 g/mol. The van der Waals surface area contributed by atoms with Crippen molar-refractivity contribution in [1.29, 1.82) is 5.26 Å². The number of amides is 1. The topological polar surface area (TPSA) is 44.1 Å². The molecule has 78 valence electrons. The zero-order valence-electron chi connectivity index (χ0n) is 9.21. The van der Waals surface area contributed by atoms with Crippen LogP contribution in [0, 0.1) is 22.7 Å². The Morgan fingerprint density at radius 2 is 2.21 bits per heavy atom. The highest BCUT2D eigenvalue weighted by Crippen LogP contribution is 2.25. The van der Waals surface area contributed by atoms with Crippen LogP contribution in [0.25, 0.3) is 0 Å². The van der Waals surface area contributed by atoms with Gasteiger partial charge in [-0.3, -0.25) is 4.79 Å². The van der Waals surface area contributed by atoms with E-state index >= 15 is 0 Å². The van der Waals surface area contributed by atoms with Gasteiger partial charge in [-0.15, -0.1) is 0 Å².